The molecule has 0 bridgehead atoms. The summed E-state index contributed by atoms with van der Waals surface area (Å²) in [6, 6.07) is 7.78. The molecule has 14 heavy (non-hydrogen) atoms. The zero-order valence-corrected chi connectivity index (χ0v) is 10.7. The molecule has 0 spiro atoms. The van der Waals surface area contributed by atoms with Crippen molar-refractivity contribution < 1.29 is 4.74 Å². The predicted molar refractivity (Wildman–Crippen MR) is 64.2 cm³/mol. The fourth-order valence-electron chi connectivity index (χ4n) is 1.26. The Morgan fingerprint density at radius 3 is 2.50 bits per heavy atom. The van der Waals surface area contributed by atoms with Gasteiger partial charge in [-0.05, 0) is 19.9 Å². The summed E-state index contributed by atoms with van der Waals surface area (Å²) >= 11 is 9.51. The lowest BCUT2D eigenvalue weighted by Crippen LogP contribution is -2.12. The van der Waals surface area contributed by atoms with Gasteiger partial charge in [0.2, 0.25) is 0 Å². The van der Waals surface area contributed by atoms with Gasteiger partial charge >= 0.3 is 0 Å². The Kier molecular flexibility index (Phi) is 4.93. The Morgan fingerprint density at radius 2 is 2.00 bits per heavy atom. The van der Waals surface area contributed by atoms with Crippen LogP contribution >= 0.6 is 27.5 Å². The minimum absolute atomic E-state index is 0.0312. The first-order valence-corrected chi connectivity index (χ1v) is 6.11. The highest BCUT2D eigenvalue weighted by Crippen LogP contribution is 2.27. The summed E-state index contributed by atoms with van der Waals surface area (Å²) < 4.78 is 5.74. The zero-order valence-electron chi connectivity index (χ0n) is 8.34. The van der Waals surface area contributed by atoms with Crippen LogP contribution in [-0.2, 0) is 4.74 Å². The number of benzene rings is 1. The maximum Gasteiger partial charge on any atom is 0.0939 e. The van der Waals surface area contributed by atoms with E-state index in [0.29, 0.717) is 0 Å². The van der Waals surface area contributed by atoms with E-state index in [1.807, 2.05) is 38.1 Å². The Labute approximate surface area is 98.5 Å². The summed E-state index contributed by atoms with van der Waals surface area (Å²) in [6.07, 6.45) is 0.234. The highest BCUT2D eigenvalue weighted by molar-refractivity contribution is 9.09. The molecule has 0 aliphatic heterocycles. The van der Waals surface area contributed by atoms with E-state index in [-0.39, 0.29) is 12.2 Å². The molecule has 0 N–H and O–H groups in total. The van der Waals surface area contributed by atoms with Gasteiger partial charge in [0.05, 0.1) is 12.2 Å². The normalized spacial score (nSPS) is 13.2. The molecule has 1 atom stereocenters. The first-order chi connectivity index (χ1) is 6.65. The lowest BCUT2D eigenvalue weighted by Gasteiger charge is -2.19. The molecule has 0 radical (unpaired) electrons. The van der Waals surface area contributed by atoms with Crippen molar-refractivity contribution in [3.63, 3.8) is 0 Å². The molecule has 1 rings (SSSR count). The van der Waals surface area contributed by atoms with E-state index in [0.717, 1.165) is 15.9 Å². The molecule has 0 fully saturated rings. The van der Waals surface area contributed by atoms with Crippen molar-refractivity contribution in [3.8, 4) is 0 Å². The summed E-state index contributed by atoms with van der Waals surface area (Å²) in [5, 5.41) is 1.52. The number of rotatable bonds is 4. The van der Waals surface area contributed by atoms with E-state index in [1.165, 1.54) is 0 Å². The van der Waals surface area contributed by atoms with Crippen LogP contribution in [0, 0.1) is 0 Å². The smallest absolute Gasteiger partial charge is 0.0939 e. The summed E-state index contributed by atoms with van der Waals surface area (Å²) in [6.45, 7) is 4.04. The van der Waals surface area contributed by atoms with Crippen molar-refractivity contribution in [2.45, 2.75) is 26.1 Å². The number of halogens is 2. The van der Waals surface area contributed by atoms with Gasteiger partial charge in [-0.2, -0.15) is 0 Å². The molecule has 0 amide bonds. The Hall–Kier alpha value is -0.0500. The molecule has 0 aromatic heterocycles. The molecule has 1 aromatic rings. The van der Waals surface area contributed by atoms with Crippen LogP contribution in [-0.4, -0.2) is 11.4 Å². The van der Waals surface area contributed by atoms with Crippen molar-refractivity contribution in [2.24, 2.45) is 0 Å². The molecule has 1 unspecified atom stereocenters. The molecular formula is C11H14BrClO. The monoisotopic (exact) mass is 276 g/mol. The van der Waals surface area contributed by atoms with Gasteiger partial charge in [-0.3, -0.25) is 0 Å². The molecule has 0 saturated carbocycles. The van der Waals surface area contributed by atoms with Gasteiger partial charge in [-0.1, -0.05) is 45.7 Å². The second-order valence-corrected chi connectivity index (χ2v) is 4.40. The van der Waals surface area contributed by atoms with Gasteiger partial charge in [0, 0.05) is 15.9 Å². The second kappa shape index (κ2) is 5.74. The highest BCUT2D eigenvalue weighted by Gasteiger charge is 2.14. The second-order valence-electron chi connectivity index (χ2n) is 3.35. The molecular weight excluding hydrogens is 263 g/mol. The Balaban J connectivity index is 2.83. The number of hydrogen-bond donors (Lipinski definition) is 0. The van der Waals surface area contributed by atoms with Crippen LogP contribution < -0.4 is 0 Å². The van der Waals surface area contributed by atoms with Crippen molar-refractivity contribution in [3.05, 3.63) is 34.9 Å². The minimum Gasteiger partial charge on any atom is -0.370 e. The van der Waals surface area contributed by atoms with E-state index < -0.39 is 0 Å². The highest BCUT2D eigenvalue weighted by atomic mass is 79.9. The van der Waals surface area contributed by atoms with E-state index in [2.05, 4.69) is 15.9 Å². The quantitative estimate of drug-likeness (QED) is 0.750. The first-order valence-electron chi connectivity index (χ1n) is 4.61. The van der Waals surface area contributed by atoms with Crippen LogP contribution in [0.4, 0.5) is 0 Å². The fourth-order valence-corrected chi connectivity index (χ4v) is 2.02. The third-order valence-corrected chi connectivity index (χ3v) is 2.76. The summed E-state index contributed by atoms with van der Waals surface area (Å²) in [5.41, 5.74) is 1.04. The van der Waals surface area contributed by atoms with Crippen LogP contribution in [0.25, 0.3) is 0 Å². The van der Waals surface area contributed by atoms with Crippen molar-refractivity contribution in [1.82, 2.24) is 0 Å². The van der Waals surface area contributed by atoms with Crippen LogP contribution in [0.1, 0.15) is 25.5 Å². The molecule has 0 aliphatic carbocycles. The van der Waals surface area contributed by atoms with Crippen LogP contribution in [0.15, 0.2) is 24.3 Å². The summed E-state index contributed by atoms with van der Waals surface area (Å²) in [4.78, 5) is 0. The maximum atomic E-state index is 6.08. The van der Waals surface area contributed by atoms with Gasteiger partial charge < -0.3 is 4.74 Å². The Bertz CT molecular complexity index is 288. The maximum absolute atomic E-state index is 6.08. The standard InChI is InChI=1S/C11H14BrClO/c1-8(2)14-11(7-12)9-5-3-4-6-10(9)13/h3-6,8,11H,7H2,1-2H3. The van der Waals surface area contributed by atoms with Crippen LogP contribution in [0.2, 0.25) is 5.02 Å². The largest absolute Gasteiger partial charge is 0.370 e. The Morgan fingerprint density at radius 1 is 1.36 bits per heavy atom. The van der Waals surface area contributed by atoms with Crippen LogP contribution in [0.3, 0.4) is 0 Å². The topological polar surface area (TPSA) is 9.23 Å². The van der Waals surface area contributed by atoms with Crippen molar-refractivity contribution >= 4 is 27.5 Å². The average molecular weight is 278 g/mol. The molecule has 78 valence electrons. The van der Waals surface area contributed by atoms with Gasteiger partial charge in [0.1, 0.15) is 0 Å². The first kappa shape index (κ1) is 12.0. The van der Waals surface area contributed by atoms with E-state index in [1.54, 1.807) is 0 Å². The van der Waals surface area contributed by atoms with E-state index in [9.17, 15) is 0 Å². The molecule has 1 nitrogen and oxygen atoms in total. The van der Waals surface area contributed by atoms with Crippen molar-refractivity contribution in [2.75, 3.05) is 5.33 Å². The molecule has 0 heterocycles. The van der Waals surface area contributed by atoms with Crippen LogP contribution in [0.5, 0.6) is 0 Å². The lowest BCUT2D eigenvalue weighted by atomic mass is 10.1. The average Bonchev–Trinajstić information content (AvgIpc) is 2.15. The van der Waals surface area contributed by atoms with Gasteiger partial charge in [0.15, 0.2) is 0 Å². The lowest BCUT2D eigenvalue weighted by molar-refractivity contribution is 0.0214. The summed E-state index contributed by atoms with van der Waals surface area (Å²) in [5.74, 6) is 0. The fraction of sp³-hybridized carbons (Fsp3) is 0.455. The molecule has 3 heteroatoms. The van der Waals surface area contributed by atoms with Gasteiger partial charge in [-0.15, -0.1) is 0 Å². The molecule has 1 aromatic carbocycles. The molecule has 0 saturated heterocycles. The number of ether oxygens (including phenoxy) is 1. The van der Waals surface area contributed by atoms with Gasteiger partial charge in [-0.25, -0.2) is 0 Å². The predicted octanol–water partition coefficient (Wildman–Crippen LogP) is 4.20. The number of hydrogen-bond acceptors (Lipinski definition) is 1. The van der Waals surface area contributed by atoms with Crippen molar-refractivity contribution in [1.29, 1.82) is 0 Å². The minimum atomic E-state index is 0.0312. The third-order valence-electron chi connectivity index (χ3n) is 1.83. The molecule has 0 aliphatic rings. The third kappa shape index (κ3) is 3.26. The number of alkyl halides is 1. The van der Waals surface area contributed by atoms with E-state index >= 15 is 0 Å². The van der Waals surface area contributed by atoms with Gasteiger partial charge in [0.25, 0.3) is 0 Å². The van der Waals surface area contributed by atoms with E-state index in [4.69, 9.17) is 16.3 Å². The zero-order chi connectivity index (χ0) is 10.6. The SMILES string of the molecule is CC(C)OC(CBr)c1ccccc1Cl. The summed E-state index contributed by atoms with van der Waals surface area (Å²) in [7, 11) is 0.